The highest BCUT2D eigenvalue weighted by Gasteiger charge is 2.55. The summed E-state index contributed by atoms with van der Waals surface area (Å²) < 4.78 is 5.27. The van der Waals surface area contributed by atoms with E-state index in [9.17, 15) is 9.59 Å². The van der Waals surface area contributed by atoms with Crippen molar-refractivity contribution in [2.75, 3.05) is 0 Å². The molecule has 4 N–H and O–H groups in total. The molecule has 0 spiro atoms. The number of carboxylic acids is 1. The minimum absolute atomic E-state index is 0.525. The molecular formula is C14H26N2O4. The second-order valence-electron chi connectivity index (χ2n) is 7.10. The molecule has 1 saturated carbocycles. The zero-order valence-electron chi connectivity index (χ0n) is 12.9. The summed E-state index contributed by atoms with van der Waals surface area (Å²) in [5.41, 5.74) is 3.84. The number of hydrogen-bond donors (Lipinski definition) is 3. The molecule has 1 aliphatic rings. The Kier molecular flexibility index (Phi) is 4.39. The molecule has 0 heterocycles. The van der Waals surface area contributed by atoms with Gasteiger partial charge in [0, 0.05) is 5.41 Å². The average Bonchev–Trinajstić information content (AvgIpc) is 2.19. The Morgan fingerprint density at radius 1 is 1.25 bits per heavy atom. The Morgan fingerprint density at radius 2 is 1.75 bits per heavy atom. The van der Waals surface area contributed by atoms with Gasteiger partial charge in [-0.05, 0) is 40.0 Å². The summed E-state index contributed by atoms with van der Waals surface area (Å²) in [5.74, 6) is -1.06. The van der Waals surface area contributed by atoms with Gasteiger partial charge in [0.05, 0.1) is 5.54 Å². The molecule has 0 aliphatic heterocycles. The first-order valence-electron chi connectivity index (χ1n) is 6.91. The Morgan fingerprint density at radius 3 is 2.05 bits per heavy atom. The average molecular weight is 286 g/mol. The number of nitrogens with two attached hydrogens (primary N) is 1. The number of hydrogen-bond acceptors (Lipinski definition) is 4. The monoisotopic (exact) mass is 286 g/mol. The van der Waals surface area contributed by atoms with Crippen LogP contribution in [0.1, 0.15) is 53.9 Å². The first-order chi connectivity index (χ1) is 8.91. The van der Waals surface area contributed by atoms with Gasteiger partial charge < -0.3 is 20.9 Å². The van der Waals surface area contributed by atoms with Gasteiger partial charge in [0.2, 0.25) is 0 Å². The van der Waals surface area contributed by atoms with E-state index in [1.165, 1.54) is 0 Å². The minimum Gasteiger partial charge on any atom is -0.480 e. The van der Waals surface area contributed by atoms with E-state index < -0.39 is 34.7 Å². The van der Waals surface area contributed by atoms with Crippen LogP contribution in [0.3, 0.4) is 0 Å². The SMILES string of the molecule is CC(C)(C)OC(=O)NC1(C(C)(C)C(N)C(=O)O)CCC1. The van der Waals surface area contributed by atoms with Crippen molar-refractivity contribution in [3.63, 3.8) is 0 Å². The van der Waals surface area contributed by atoms with Gasteiger partial charge in [-0.25, -0.2) is 4.79 Å². The minimum atomic E-state index is -1.06. The van der Waals surface area contributed by atoms with Crippen molar-refractivity contribution >= 4 is 12.1 Å². The van der Waals surface area contributed by atoms with Crippen molar-refractivity contribution in [2.45, 2.75) is 71.1 Å². The van der Waals surface area contributed by atoms with E-state index in [-0.39, 0.29) is 0 Å². The lowest BCUT2D eigenvalue weighted by atomic mass is 9.57. The summed E-state index contributed by atoms with van der Waals surface area (Å²) in [6, 6.07) is -1.04. The lowest BCUT2D eigenvalue weighted by Gasteiger charge is -2.54. The van der Waals surface area contributed by atoms with Gasteiger partial charge in [-0.1, -0.05) is 13.8 Å². The molecule has 0 saturated heterocycles. The summed E-state index contributed by atoms with van der Waals surface area (Å²) in [4.78, 5) is 23.2. The highest BCUT2D eigenvalue weighted by atomic mass is 16.6. The molecule has 6 heteroatoms. The molecule has 1 aliphatic carbocycles. The van der Waals surface area contributed by atoms with Crippen LogP contribution >= 0.6 is 0 Å². The van der Waals surface area contributed by atoms with Gasteiger partial charge in [0.15, 0.2) is 0 Å². The van der Waals surface area contributed by atoms with Crippen LogP contribution in [0.5, 0.6) is 0 Å². The molecule has 0 radical (unpaired) electrons. The number of carbonyl (C=O) groups is 2. The smallest absolute Gasteiger partial charge is 0.408 e. The number of carbonyl (C=O) groups excluding carboxylic acids is 1. The van der Waals surface area contributed by atoms with Crippen molar-refractivity contribution in [3.05, 3.63) is 0 Å². The van der Waals surface area contributed by atoms with E-state index in [2.05, 4.69) is 5.32 Å². The van der Waals surface area contributed by atoms with E-state index in [1.54, 1.807) is 34.6 Å². The van der Waals surface area contributed by atoms with Crippen LogP contribution in [0.15, 0.2) is 0 Å². The molecule has 0 aromatic heterocycles. The summed E-state index contributed by atoms with van der Waals surface area (Å²) >= 11 is 0. The van der Waals surface area contributed by atoms with Gasteiger partial charge in [-0.3, -0.25) is 4.79 Å². The quantitative estimate of drug-likeness (QED) is 0.732. The number of rotatable bonds is 4. The van der Waals surface area contributed by atoms with E-state index in [4.69, 9.17) is 15.6 Å². The van der Waals surface area contributed by atoms with E-state index in [0.717, 1.165) is 6.42 Å². The van der Waals surface area contributed by atoms with Crippen LogP contribution in [-0.2, 0) is 9.53 Å². The lowest BCUT2D eigenvalue weighted by molar-refractivity contribution is -0.144. The maximum absolute atomic E-state index is 12.0. The van der Waals surface area contributed by atoms with Crippen LogP contribution < -0.4 is 11.1 Å². The second kappa shape index (κ2) is 5.24. The summed E-state index contributed by atoms with van der Waals surface area (Å²) in [5, 5.41) is 12.0. The van der Waals surface area contributed by atoms with Crippen LogP contribution in [0.25, 0.3) is 0 Å². The van der Waals surface area contributed by atoms with Gasteiger partial charge in [-0.15, -0.1) is 0 Å². The van der Waals surface area contributed by atoms with Gasteiger partial charge in [0.1, 0.15) is 11.6 Å². The lowest BCUT2D eigenvalue weighted by Crippen LogP contribution is -2.68. The predicted molar refractivity (Wildman–Crippen MR) is 75.3 cm³/mol. The number of ether oxygens (including phenoxy) is 1. The van der Waals surface area contributed by atoms with E-state index in [1.807, 2.05) is 0 Å². The zero-order chi connectivity index (χ0) is 15.8. The molecule has 1 atom stereocenters. The van der Waals surface area contributed by atoms with Crippen LogP contribution in [0, 0.1) is 5.41 Å². The van der Waals surface area contributed by atoms with Crippen molar-refractivity contribution in [2.24, 2.45) is 11.1 Å². The highest BCUT2D eigenvalue weighted by molar-refractivity contribution is 5.75. The van der Waals surface area contributed by atoms with Gasteiger partial charge >= 0.3 is 12.1 Å². The Labute approximate surface area is 120 Å². The third-order valence-corrected chi connectivity index (χ3v) is 4.22. The van der Waals surface area contributed by atoms with Crippen LogP contribution in [0.4, 0.5) is 4.79 Å². The third kappa shape index (κ3) is 3.23. The number of amides is 1. The van der Waals surface area contributed by atoms with Crippen molar-refractivity contribution < 1.29 is 19.4 Å². The maximum atomic E-state index is 12.0. The van der Waals surface area contributed by atoms with Crippen LogP contribution in [0.2, 0.25) is 0 Å². The number of carboxylic acid groups (broad SMARTS) is 1. The molecule has 0 aromatic carbocycles. The van der Waals surface area contributed by atoms with Gasteiger partial charge in [0.25, 0.3) is 0 Å². The van der Waals surface area contributed by atoms with Crippen molar-refractivity contribution in [3.8, 4) is 0 Å². The molecule has 1 amide bonds. The fraction of sp³-hybridized carbons (Fsp3) is 0.857. The van der Waals surface area contributed by atoms with E-state index >= 15 is 0 Å². The first kappa shape index (κ1) is 16.8. The largest absolute Gasteiger partial charge is 0.480 e. The Bertz CT molecular complexity index is 394. The highest BCUT2D eigenvalue weighted by Crippen LogP contribution is 2.47. The molecule has 6 nitrogen and oxygen atoms in total. The molecule has 0 aromatic rings. The van der Waals surface area contributed by atoms with Gasteiger partial charge in [-0.2, -0.15) is 0 Å². The molecule has 1 unspecified atom stereocenters. The predicted octanol–water partition coefficient (Wildman–Crippen LogP) is 1.87. The molecule has 0 bridgehead atoms. The Hall–Kier alpha value is -1.30. The van der Waals surface area contributed by atoms with Crippen molar-refractivity contribution in [1.29, 1.82) is 0 Å². The Balaban J connectivity index is 2.87. The standard InChI is InChI=1S/C14H26N2O4/c1-12(2,3)20-11(19)16-14(7-6-8-14)13(4,5)9(15)10(17)18/h9H,6-8,15H2,1-5H3,(H,16,19)(H,17,18). The van der Waals surface area contributed by atoms with Crippen molar-refractivity contribution in [1.82, 2.24) is 5.32 Å². The van der Waals surface area contributed by atoms with E-state index in [0.29, 0.717) is 12.8 Å². The number of nitrogens with one attached hydrogen (secondary N) is 1. The summed E-state index contributed by atoms with van der Waals surface area (Å²) in [6.07, 6.45) is 1.83. The molecule has 1 fully saturated rings. The molecule has 116 valence electrons. The molecule has 1 rings (SSSR count). The van der Waals surface area contributed by atoms with Crippen LogP contribution in [-0.4, -0.2) is 34.4 Å². The molecule has 20 heavy (non-hydrogen) atoms. The second-order valence-corrected chi connectivity index (χ2v) is 7.10. The number of aliphatic carboxylic acids is 1. The normalized spacial score (nSPS) is 19.7. The fourth-order valence-corrected chi connectivity index (χ4v) is 2.57. The first-order valence-corrected chi connectivity index (χ1v) is 6.91. The fourth-order valence-electron chi connectivity index (χ4n) is 2.57. The third-order valence-electron chi connectivity index (χ3n) is 4.22. The topological polar surface area (TPSA) is 102 Å². The maximum Gasteiger partial charge on any atom is 0.408 e. The summed E-state index contributed by atoms with van der Waals surface area (Å²) in [6.45, 7) is 8.92. The number of alkyl carbamates (subject to hydrolysis) is 1. The summed E-state index contributed by atoms with van der Waals surface area (Å²) in [7, 11) is 0. The molecular weight excluding hydrogens is 260 g/mol. The zero-order valence-corrected chi connectivity index (χ0v) is 12.9.